The molecular formula is C21H29NO. The van der Waals surface area contributed by atoms with Crippen molar-refractivity contribution in [2.24, 2.45) is 0 Å². The molecule has 0 saturated heterocycles. The summed E-state index contributed by atoms with van der Waals surface area (Å²) < 4.78 is 0. The zero-order chi connectivity index (χ0) is 16.5. The van der Waals surface area contributed by atoms with Crippen molar-refractivity contribution in [3.8, 4) is 0 Å². The second-order valence-corrected chi connectivity index (χ2v) is 6.33. The molecule has 23 heavy (non-hydrogen) atoms. The van der Waals surface area contributed by atoms with Gasteiger partial charge in [0.15, 0.2) is 0 Å². The molecule has 0 bridgehead atoms. The van der Waals surface area contributed by atoms with Crippen LogP contribution in [0.3, 0.4) is 0 Å². The van der Waals surface area contributed by atoms with Gasteiger partial charge in [0.25, 0.3) is 0 Å². The summed E-state index contributed by atoms with van der Waals surface area (Å²) in [6.07, 6.45) is 3.02. The van der Waals surface area contributed by atoms with E-state index in [1.165, 1.54) is 11.1 Å². The summed E-state index contributed by atoms with van der Waals surface area (Å²) in [5.41, 5.74) is 2.59. The second kappa shape index (κ2) is 9.49. The highest BCUT2D eigenvalue weighted by atomic mass is 16.3. The molecule has 0 aliphatic heterocycles. The molecule has 2 heteroatoms. The van der Waals surface area contributed by atoms with Gasteiger partial charge in [-0.05, 0) is 24.5 Å². The Bertz CT molecular complexity index is 497. The summed E-state index contributed by atoms with van der Waals surface area (Å²) in [5, 5.41) is 10.3. The lowest BCUT2D eigenvalue weighted by atomic mass is 10.0. The SMILES string of the molecule is CCCC[C@H]([C@H](C)O)N(Cc1ccccc1)Cc1ccccc1. The molecule has 0 fully saturated rings. The highest BCUT2D eigenvalue weighted by molar-refractivity contribution is 5.17. The van der Waals surface area contributed by atoms with Gasteiger partial charge in [-0.25, -0.2) is 0 Å². The second-order valence-electron chi connectivity index (χ2n) is 6.33. The first kappa shape index (κ1) is 17.7. The number of unbranched alkanes of at least 4 members (excludes halogenated alkanes) is 1. The predicted molar refractivity (Wildman–Crippen MR) is 97.1 cm³/mol. The van der Waals surface area contributed by atoms with Crippen LogP contribution in [0.25, 0.3) is 0 Å². The molecule has 1 N–H and O–H groups in total. The van der Waals surface area contributed by atoms with Gasteiger partial charge in [0.1, 0.15) is 0 Å². The Morgan fingerprint density at radius 2 is 1.35 bits per heavy atom. The van der Waals surface area contributed by atoms with E-state index in [2.05, 4.69) is 60.4 Å². The van der Waals surface area contributed by atoms with E-state index in [1.807, 2.05) is 19.1 Å². The summed E-state index contributed by atoms with van der Waals surface area (Å²) >= 11 is 0. The first-order valence-corrected chi connectivity index (χ1v) is 8.70. The monoisotopic (exact) mass is 311 g/mol. The third kappa shape index (κ3) is 5.81. The summed E-state index contributed by atoms with van der Waals surface area (Å²) in [5.74, 6) is 0. The molecule has 2 aromatic carbocycles. The zero-order valence-electron chi connectivity index (χ0n) is 14.4. The Morgan fingerprint density at radius 3 is 1.74 bits per heavy atom. The summed E-state index contributed by atoms with van der Waals surface area (Å²) in [4.78, 5) is 2.42. The minimum absolute atomic E-state index is 0.190. The van der Waals surface area contributed by atoms with E-state index in [-0.39, 0.29) is 12.1 Å². The van der Waals surface area contributed by atoms with Gasteiger partial charge in [-0.1, -0.05) is 80.4 Å². The zero-order valence-corrected chi connectivity index (χ0v) is 14.4. The van der Waals surface area contributed by atoms with Crippen LogP contribution in [0.4, 0.5) is 0 Å². The molecule has 0 aliphatic rings. The summed E-state index contributed by atoms with van der Waals surface area (Å²) in [6.45, 7) is 5.87. The standard InChI is InChI=1S/C21H29NO/c1-3-4-15-21(18(2)23)22(16-19-11-7-5-8-12-19)17-20-13-9-6-10-14-20/h5-14,18,21,23H,3-4,15-17H2,1-2H3/t18-,21+/m0/s1. The van der Waals surface area contributed by atoms with Crippen LogP contribution in [0, 0.1) is 0 Å². The van der Waals surface area contributed by atoms with Crippen LogP contribution in [0.5, 0.6) is 0 Å². The molecule has 2 aromatic rings. The number of hydrogen-bond donors (Lipinski definition) is 1. The predicted octanol–water partition coefficient (Wildman–Crippen LogP) is 4.63. The topological polar surface area (TPSA) is 23.5 Å². The van der Waals surface area contributed by atoms with E-state index in [0.29, 0.717) is 0 Å². The highest BCUT2D eigenvalue weighted by Gasteiger charge is 2.23. The molecule has 0 unspecified atom stereocenters. The number of nitrogens with zero attached hydrogens (tertiary/aromatic N) is 1. The lowest BCUT2D eigenvalue weighted by Crippen LogP contribution is -2.41. The van der Waals surface area contributed by atoms with Gasteiger partial charge < -0.3 is 5.11 Å². The van der Waals surface area contributed by atoms with Gasteiger partial charge in [-0.15, -0.1) is 0 Å². The lowest BCUT2D eigenvalue weighted by Gasteiger charge is -2.34. The normalized spacial score (nSPS) is 13.9. The summed E-state index contributed by atoms with van der Waals surface area (Å²) in [7, 11) is 0. The fraction of sp³-hybridized carbons (Fsp3) is 0.429. The van der Waals surface area contributed by atoms with Crippen molar-refractivity contribution in [3.05, 3.63) is 71.8 Å². The van der Waals surface area contributed by atoms with E-state index < -0.39 is 0 Å². The van der Waals surface area contributed by atoms with Gasteiger partial charge >= 0.3 is 0 Å². The molecule has 0 aliphatic carbocycles. The van der Waals surface area contributed by atoms with Crippen LogP contribution in [-0.4, -0.2) is 22.2 Å². The van der Waals surface area contributed by atoms with E-state index in [1.54, 1.807) is 0 Å². The van der Waals surface area contributed by atoms with Crippen molar-refractivity contribution >= 4 is 0 Å². The van der Waals surface area contributed by atoms with E-state index in [0.717, 1.165) is 32.4 Å². The molecule has 2 rings (SSSR count). The largest absolute Gasteiger partial charge is 0.392 e. The van der Waals surface area contributed by atoms with Gasteiger partial charge in [-0.3, -0.25) is 4.90 Å². The van der Waals surface area contributed by atoms with Crippen molar-refractivity contribution in [3.63, 3.8) is 0 Å². The smallest absolute Gasteiger partial charge is 0.0667 e. The molecule has 0 spiro atoms. The Morgan fingerprint density at radius 1 is 0.870 bits per heavy atom. The third-order valence-electron chi connectivity index (χ3n) is 4.34. The van der Waals surface area contributed by atoms with Crippen LogP contribution in [0.2, 0.25) is 0 Å². The number of aliphatic hydroxyl groups is 1. The molecule has 0 aromatic heterocycles. The van der Waals surface area contributed by atoms with Gasteiger partial charge in [0, 0.05) is 19.1 Å². The van der Waals surface area contributed by atoms with Crippen LogP contribution in [-0.2, 0) is 13.1 Å². The summed E-state index contributed by atoms with van der Waals surface area (Å²) in [6, 6.07) is 21.3. The molecule has 2 nitrogen and oxygen atoms in total. The van der Waals surface area contributed by atoms with Crippen LogP contribution >= 0.6 is 0 Å². The van der Waals surface area contributed by atoms with Gasteiger partial charge in [0.2, 0.25) is 0 Å². The number of benzene rings is 2. The molecule has 0 saturated carbocycles. The van der Waals surface area contributed by atoms with Crippen LogP contribution < -0.4 is 0 Å². The Kier molecular flexibility index (Phi) is 7.31. The maximum Gasteiger partial charge on any atom is 0.0667 e. The Balaban J connectivity index is 2.18. The van der Waals surface area contributed by atoms with Crippen molar-refractivity contribution in [2.45, 2.75) is 58.3 Å². The minimum Gasteiger partial charge on any atom is -0.392 e. The van der Waals surface area contributed by atoms with Gasteiger partial charge in [0.05, 0.1) is 6.10 Å². The van der Waals surface area contributed by atoms with Crippen molar-refractivity contribution in [2.75, 3.05) is 0 Å². The highest BCUT2D eigenvalue weighted by Crippen LogP contribution is 2.19. The molecule has 0 heterocycles. The van der Waals surface area contributed by atoms with E-state index in [9.17, 15) is 5.11 Å². The molecule has 0 radical (unpaired) electrons. The average molecular weight is 311 g/mol. The maximum absolute atomic E-state index is 10.3. The van der Waals surface area contributed by atoms with Crippen molar-refractivity contribution in [1.29, 1.82) is 0 Å². The number of aliphatic hydroxyl groups excluding tert-OH is 1. The van der Waals surface area contributed by atoms with Crippen molar-refractivity contribution in [1.82, 2.24) is 4.90 Å². The fourth-order valence-electron chi connectivity index (χ4n) is 3.07. The third-order valence-corrected chi connectivity index (χ3v) is 4.34. The maximum atomic E-state index is 10.3. The first-order chi connectivity index (χ1) is 11.2. The number of hydrogen-bond acceptors (Lipinski definition) is 2. The van der Waals surface area contributed by atoms with E-state index >= 15 is 0 Å². The first-order valence-electron chi connectivity index (χ1n) is 8.70. The molecule has 0 amide bonds. The average Bonchev–Trinajstić information content (AvgIpc) is 2.56. The van der Waals surface area contributed by atoms with E-state index in [4.69, 9.17) is 0 Å². The lowest BCUT2D eigenvalue weighted by molar-refractivity contribution is 0.0443. The van der Waals surface area contributed by atoms with Gasteiger partial charge in [-0.2, -0.15) is 0 Å². The van der Waals surface area contributed by atoms with Crippen molar-refractivity contribution < 1.29 is 5.11 Å². The molecule has 124 valence electrons. The van der Waals surface area contributed by atoms with Crippen LogP contribution in [0.1, 0.15) is 44.2 Å². The molecular weight excluding hydrogens is 282 g/mol. The number of rotatable bonds is 9. The molecule has 2 atom stereocenters. The Hall–Kier alpha value is -1.64. The van der Waals surface area contributed by atoms with Crippen LogP contribution in [0.15, 0.2) is 60.7 Å². The minimum atomic E-state index is -0.325. The quantitative estimate of drug-likeness (QED) is 0.730. The Labute approximate surface area is 140 Å². The fourth-order valence-corrected chi connectivity index (χ4v) is 3.07.